The molecule has 0 N–H and O–H groups in total. The monoisotopic (exact) mass is 351 g/mol. The number of hydrogen-bond acceptors (Lipinski definition) is 2. The van der Waals surface area contributed by atoms with Gasteiger partial charge in [-0.2, -0.15) is 0 Å². The van der Waals surface area contributed by atoms with E-state index in [1.165, 1.54) is 47.6 Å². The van der Waals surface area contributed by atoms with Crippen molar-refractivity contribution < 1.29 is 0 Å². The highest BCUT2D eigenvalue weighted by molar-refractivity contribution is 7.26. The van der Waals surface area contributed by atoms with Gasteiger partial charge in [0.25, 0.3) is 0 Å². The van der Waals surface area contributed by atoms with Crippen LogP contribution in [0.4, 0.5) is 0 Å². The van der Waals surface area contributed by atoms with Crippen LogP contribution in [0, 0.1) is 0 Å². The Balaban J connectivity index is 1.84. The number of benzene rings is 3. The van der Waals surface area contributed by atoms with Crippen molar-refractivity contribution in [3.63, 3.8) is 0 Å². The molecule has 0 amide bonds. The Hall–Kier alpha value is -2.71. The van der Waals surface area contributed by atoms with Gasteiger partial charge in [0, 0.05) is 37.3 Å². The van der Waals surface area contributed by atoms with Crippen LogP contribution in [-0.2, 0) is 5.41 Å². The van der Waals surface area contributed by atoms with E-state index in [9.17, 15) is 0 Å². The summed E-state index contributed by atoms with van der Waals surface area (Å²) in [4.78, 5) is 4.72. The van der Waals surface area contributed by atoms with Crippen LogP contribution >= 0.6 is 11.3 Å². The Morgan fingerprint density at radius 1 is 0.846 bits per heavy atom. The van der Waals surface area contributed by atoms with Crippen LogP contribution < -0.4 is 0 Å². The van der Waals surface area contributed by atoms with Crippen molar-refractivity contribution in [1.29, 1.82) is 0 Å². The fourth-order valence-corrected chi connectivity index (χ4v) is 5.95. The number of aromatic nitrogens is 1. The fraction of sp³-hybridized carbons (Fsp3) is 0.125. The molecule has 2 heteroatoms. The average molecular weight is 351 g/mol. The van der Waals surface area contributed by atoms with E-state index in [-0.39, 0.29) is 5.41 Å². The molecule has 5 aromatic rings. The van der Waals surface area contributed by atoms with Crippen LogP contribution in [0.15, 0.2) is 66.9 Å². The summed E-state index contributed by atoms with van der Waals surface area (Å²) in [5, 5.41) is 5.46. The van der Waals surface area contributed by atoms with E-state index in [0.717, 1.165) is 5.69 Å². The molecule has 0 atom stereocenters. The quantitative estimate of drug-likeness (QED) is 0.295. The Morgan fingerprint density at radius 2 is 1.73 bits per heavy atom. The Kier molecular flexibility index (Phi) is 2.62. The van der Waals surface area contributed by atoms with Crippen LogP contribution in [0.5, 0.6) is 0 Å². The van der Waals surface area contributed by atoms with Crippen molar-refractivity contribution in [2.45, 2.75) is 19.3 Å². The van der Waals surface area contributed by atoms with E-state index < -0.39 is 0 Å². The molecule has 6 rings (SSSR count). The second-order valence-corrected chi connectivity index (χ2v) is 8.70. The summed E-state index contributed by atoms with van der Waals surface area (Å²) < 4.78 is 2.77. The Labute approximate surface area is 155 Å². The van der Waals surface area contributed by atoms with Crippen molar-refractivity contribution in [3.05, 3.63) is 78.0 Å². The number of nitrogens with zero attached hydrogens (tertiary/aromatic N) is 1. The first-order chi connectivity index (χ1) is 12.7. The molecule has 1 nitrogen and oxygen atoms in total. The number of thiophene rings is 1. The van der Waals surface area contributed by atoms with E-state index in [1.54, 1.807) is 0 Å². The Morgan fingerprint density at radius 3 is 2.65 bits per heavy atom. The first kappa shape index (κ1) is 14.5. The maximum Gasteiger partial charge on any atom is 0.0746 e. The molecule has 2 aromatic heterocycles. The molecule has 26 heavy (non-hydrogen) atoms. The third-order valence-corrected chi connectivity index (χ3v) is 7.09. The van der Waals surface area contributed by atoms with E-state index >= 15 is 0 Å². The normalized spacial score (nSPS) is 14.8. The summed E-state index contributed by atoms with van der Waals surface area (Å²) in [5.41, 5.74) is 5.19. The molecule has 0 saturated heterocycles. The number of rotatable bonds is 0. The Bertz CT molecular complexity index is 1360. The minimum absolute atomic E-state index is 0.0297. The van der Waals surface area contributed by atoms with Gasteiger partial charge in [0.15, 0.2) is 0 Å². The zero-order valence-corrected chi connectivity index (χ0v) is 15.5. The first-order valence-corrected chi connectivity index (χ1v) is 9.81. The lowest BCUT2D eigenvalue weighted by Crippen LogP contribution is -2.15. The third-order valence-electron chi connectivity index (χ3n) is 5.89. The van der Waals surface area contributed by atoms with Gasteiger partial charge >= 0.3 is 0 Å². The van der Waals surface area contributed by atoms with E-state index in [0.29, 0.717) is 0 Å². The van der Waals surface area contributed by atoms with Crippen molar-refractivity contribution in [3.8, 4) is 11.3 Å². The SMILES string of the molecule is CC1(C)c2cccnc2-c2ccc3sc4c5ccccc5ccc4c3c21. The predicted molar refractivity (Wildman–Crippen MR) is 112 cm³/mol. The minimum atomic E-state index is -0.0297. The van der Waals surface area contributed by atoms with Crippen LogP contribution in [-0.4, -0.2) is 4.98 Å². The number of hydrogen-bond donors (Lipinski definition) is 0. The average Bonchev–Trinajstić information content (AvgIpc) is 3.16. The van der Waals surface area contributed by atoms with E-state index in [4.69, 9.17) is 4.98 Å². The van der Waals surface area contributed by atoms with Crippen molar-refractivity contribution in [2.75, 3.05) is 0 Å². The molecule has 1 aliphatic rings. The summed E-state index contributed by atoms with van der Waals surface area (Å²) in [5.74, 6) is 0. The lowest BCUT2D eigenvalue weighted by atomic mass is 9.80. The van der Waals surface area contributed by atoms with Gasteiger partial charge in [-0.1, -0.05) is 62.4 Å². The van der Waals surface area contributed by atoms with Crippen LogP contribution in [0.1, 0.15) is 25.0 Å². The first-order valence-electron chi connectivity index (χ1n) is 8.99. The van der Waals surface area contributed by atoms with Crippen LogP contribution in [0.2, 0.25) is 0 Å². The maximum absolute atomic E-state index is 4.72. The molecule has 0 unspecified atom stereocenters. The van der Waals surface area contributed by atoms with E-state index in [2.05, 4.69) is 74.5 Å². The predicted octanol–water partition coefficient (Wildman–Crippen LogP) is 6.91. The zero-order valence-electron chi connectivity index (χ0n) is 14.7. The zero-order chi connectivity index (χ0) is 17.5. The van der Waals surface area contributed by atoms with Gasteiger partial charge in [0.1, 0.15) is 0 Å². The molecule has 0 fully saturated rings. The van der Waals surface area contributed by atoms with Crippen molar-refractivity contribution in [1.82, 2.24) is 4.98 Å². The van der Waals surface area contributed by atoms with Gasteiger partial charge in [-0.3, -0.25) is 4.98 Å². The molecule has 124 valence electrons. The van der Waals surface area contributed by atoms with Gasteiger partial charge in [-0.15, -0.1) is 11.3 Å². The fourth-order valence-electron chi connectivity index (χ4n) is 4.70. The van der Waals surface area contributed by atoms with Gasteiger partial charge in [-0.05, 0) is 34.0 Å². The molecule has 3 aromatic carbocycles. The van der Waals surface area contributed by atoms with Crippen LogP contribution in [0.3, 0.4) is 0 Å². The maximum atomic E-state index is 4.72. The van der Waals surface area contributed by atoms with Crippen molar-refractivity contribution in [2.24, 2.45) is 0 Å². The number of fused-ring (bicyclic) bond motifs is 9. The van der Waals surface area contributed by atoms with E-state index in [1.807, 2.05) is 17.5 Å². The molecular weight excluding hydrogens is 334 g/mol. The summed E-state index contributed by atoms with van der Waals surface area (Å²) in [6.07, 6.45) is 1.91. The van der Waals surface area contributed by atoms with Gasteiger partial charge in [0.2, 0.25) is 0 Å². The highest BCUT2D eigenvalue weighted by atomic mass is 32.1. The largest absolute Gasteiger partial charge is 0.256 e. The lowest BCUT2D eigenvalue weighted by Gasteiger charge is -2.22. The minimum Gasteiger partial charge on any atom is -0.256 e. The molecule has 0 saturated carbocycles. The molecule has 2 heterocycles. The second kappa shape index (κ2) is 4.72. The molecule has 1 aliphatic carbocycles. The van der Waals surface area contributed by atoms with Gasteiger partial charge < -0.3 is 0 Å². The summed E-state index contributed by atoms with van der Waals surface area (Å²) in [6.45, 7) is 4.67. The standard InChI is InChI=1S/C24H17NS/c1-24(2)18-8-5-13-25-22(18)17-11-12-19-20(21(17)24)16-10-9-14-6-3-4-7-15(14)23(16)26-19/h3-13H,1-2H3. The summed E-state index contributed by atoms with van der Waals surface area (Å²) in [6, 6.07) is 22.1. The highest BCUT2D eigenvalue weighted by Gasteiger charge is 2.38. The smallest absolute Gasteiger partial charge is 0.0746 e. The summed E-state index contributed by atoms with van der Waals surface area (Å²) in [7, 11) is 0. The molecular formula is C24H17NS. The molecule has 0 bridgehead atoms. The second-order valence-electron chi connectivity index (χ2n) is 7.65. The highest BCUT2D eigenvalue weighted by Crippen LogP contribution is 2.53. The summed E-state index contributed by atoms with van der Waals surface area (Å²) >= 11 is 1.92. The van der Waals surface area contributed by atoms with Crippen molar-refractivity contribution >= 4 is 42.3 Å². The number of pyridine rings is 1. The van der Waals surface area contributed by atoms with Gasteiger partial charge in [0.05, 0.1) is 5.69 Å². The molecule has 0 radical (unpaired) electrons. The third kappa shape index (κ3) is 1.63. The molecule has 0 spiro atoms. The topological polar surface area (TPSA) is 12.9 Å². The molecule has 0 aliphatic heterocycles. The van der Waals surface area contributed by atoms with Gasteiger partial charge in [-0.25, -0.2) is 0 Å². The van der Waals surface area contributed by atoms with Crippen LogP contribution in [0.25, 0.3) is 42.2 Å². The lowest BCUT2D eigenvalue weighted by molar-refractivity contribution is 0.665.